The van der Waals surface area contributed by atoms with Crippen molar-refractivity contribution in [3.63, 3.8) is 0 Å². The lowest BCUT2D eigenvalue weighted by molar-refractivity contribution is 0.581. The Balaban J connectivity index is 1.65. The molecule has 9 nitrogen and oxygen atoms in total. The van der Waals surface area contributed by atoms with Gasteiger partial charge in [-0.2, -0.15) is 14.9 Å². The minimum atomic E-state index is -1.75. The fourth-order valence-electron chi connectivity index (χ4n) is 4.91. The Morgan fingerprint density at radius 1 is 0.977 bits per heavy atom. The highest BCUT2D eigenvalue weighted by atomic mass is 28.3. The van der Waals surface area contributed by atoms with E-state index < -0.39 is 20.0 Å². The van der Waals surface area contributed by atoms with Gasteiger partial charge in [0.25, 0.3) is 0 Å². The Bertz CT molecular complexity index is 1880. The first-order chi connectivity index (χ1) is 21.0. The molecule has 0 aliphatic heterocycles. The van der Waals surface area contributed by atoms with E-state index in [2.05, 4.69) is 62.7 Å². The van der Waals surface area contributed by atoms with Crippen LogP contribution in [0.5, 0.6) is 0 Å². The molecule has 0 aliphatic carbocycles. The number of aromatic nitrogens is 5. The zero-order valence-electron chi connectivity index (χ0n) is 25.4. The van der Waals surface area contributed by atoms with Crippen LogP contribution in [0, 0.1) is 28.6 Å². The van der Waals surface area contributed by atoms with Gasteiger partial charge < -0.3 is 10.6 Å². The summed E-state index contributed by atoms with van der Waals surface area (Å²) >= 11 is 0. The lowest BCUT2D eigenvalue weighted by atomic mass is 10.0. The number of hydrogen-bond donors (Lipinski definition) is 2. The molecular formula is C32H32FN9Si. The molecule has 0 unspecified atom stereocenters. The maximum Gasteiger partial charge on any atom is 0.212 e. The van der Waals surface area contributed by atoms with Gasteiger partial charge in [-0.3, -0.25) is 9.67 Å². The number of nitriles is 2. The van der Waals surface area contributed by atoms with Gasteiger partial charge in [0.1, 0.15) is 17.8 Å². The van der Waals surface area contributed by atoms with Crippen molar-refractivity contribution in [2.75, 3.05) is 10.6 Å². The van der Waals surface area contributed by atoms with Crippen molar-refractivity contribution in [2.45, 2.75) is 51.2 Å². The quantitative estimate of drug-likeness (QED) is 0.135. The maximum atomic E-state index is 13.8. The summed E-state index contributed by atoms with van der Waals surface area (Å²) in [5, 5.41) is 36.1. The number of rotatable bonds is 10. The number of benzene rings is 2. The van der Waals surface area contributed by atoms with Gasteiger partial charge >= 0.3 is 0 Å². The van der Waals surface area contributed by atoms with Crippen molar-refractivity contribution in [1.82, 2.24) is 25.0 Å². The number of halogens is 1. The standard InChI is InChI=1S/C32H32FN9Si/c1-5-27(21-9-7-6-8-10-21)39-31-24(16-35)18-37-30-23(15-34)13-25(14-26(30)31)38-32(22-11-12-29(33)36-17-22)28-19-42(41-40-28)20-43(2,3)4/h6-14,17-19,27,32,38H,5,20H2,1-4H3,(H,37,39)/t27-,32-/m1/s1/i32D. The van der Waals surface area contributed by atoms with Gasteiger partial charge in [-0.05, 0) is 35.7 Å². The molecule has 0 saturated carbocycles. The van der Waals surface area contributed by atoms with Crippen molar-refractivity contribution in [1.29, 1.82) is 10.5 Å². The Labute approximate surface area is 252 Å². The van der Waals surface area contributed by atoms with E-state index in [9.17, 15) is 16.3 Å². The van der Waals surface area contributed by atoms with Crippen molar-refractivity contribution in [3.05, 3.63) is 107 Å². The van der Waals surface area contributed by atoms with Crippen LogP contribution >= 0.6 is 0 Å². The van der Waals surface area contributed by atoms with E-state index in [1.807, 2.05) is 37.3 Å². The summed E-state index contributed by atoms with van der Waals surface area (Å²) in [6, 6.07) is 18.5. The van der Waals surface area contributed by atoms with E-state index in [0.29, 0.717) is 39.6 Å². The summed E-state index contributed by atoms with van der Waals surface area (Å²) in [5.74, 6) is -0.675. The zero-order chi connectivity index (χ0) is 31.5. The van der Waals surface area contributed by atoms with Gasteiger partial charge in [-0.1, -0.05) is 68.2 Å². The summed E-state index contributed by atoms with van der Waals surface area (Å²) in [6.45, 7) is 8.67. The molecule has 0 spiro atoms. The molecule has 2 N–H and O–H groups in total. The summed E-state index contributed by atoms with van der Waals surface area (Å²) in [4.78, 5) is 8.24. The van der Waals surface area contributed by atoms with E-state index in [1.54, 1.807) is 23.0 Å². The molecule has 5 aromatic rings. The Morgan fingerprint density at radius 3 is 2.40 bits per heavy atom. The van der Waals surface area contributed by atoms with Gasteiger partial charge in [0.05, 0.1) is 50.0 Å². The largest absolute Gasteiger partial charge is 0.377 e. The molecule has 3 aromatic heterocycles. The minimum Gasteiger partial charge on any atom is -0.377 e. The van der Waals surface area contributed by atoms with E-state index in [0.717, 1.165) is 12.0 Å². The lowest BCUT2D eigenvalue weighted by Crippen LogP contribution is -2.28. The first-order valence-corrected chi connectivity index (χ1v) is 17.6. The van der Waals surface area contributed by atoms with Gasteiger partial charge in [0.15, 0.2) is 0 Å². The number of nitrogens with one attached hydrogen (secondary N) is 2. The SMILES string of the molecule is [2H][C@@](Nc1cc(C#N)c2ncc(C#N)c(N[C@H](CC)c3ccccc3)c2c1)(c1ccc(F)nc1)c1cn(C[Si](C)(C)C)nn1. The molecule has 0 saturated heterocycles. The Kier molecular flexibility index (Phi) is 8.07. The van der Waals surface area contributed by atoms with Crippen LogP contribution in [0.15, 0.2) is 73.2 Å². The third-order valence-electron chi connectivity index (χ3n) is 6.86. The molecule has 0 bridgehead atoms. The highest BCUT2D eigenvalue weighted by molar-refractivity contribution is 6.74. The topological polar surface area (TPSA) is 128 Å². The van der Waals surface area contributed by atoms with Crippen LogP contribution in [0.4, 0.5) is 15.8 Å². The summed E-state index contributed by atoms with van der Waals surface area (Å²) < 4.78 is 25.2. The Morgan fingerprint density at radius 2 is 1.74 bits per heavy atom. The highest BCUT2D eigenvalue weighted by Gasteiger charge is 2.23. The van der Waals surface area contributed by atoms with E-state index >= 15 is 0 Å². The van der Waals surface area contributed by atoms with E-state index in [4.69, 9.17) is 0 Å². The summed E-state index contributed by atoms with van der Waals surface area (Å²) in [7, 11) is -1.56. The van der Waals surface area contributed by atoms with Gasteiger partial charge in [-0.15, -0.1) is 5.10 Å². The number of fused-ring (bicyclic) bond motifs is 1. The number of hydrogen-bond acceptors (Lipinski definition) is 8. The average Bonchev–Trinajstić information content (AvgIpc) is 3.47. The van der Waals surface area contributed by atoms with Crippen molar-refractivity contribution >= 4 is 30.4 Å². The molecule has 3 heterocycles. The van der Waals surface area contributed by atoms with Crippen LogP contribution < -0.4 is 10.6 Å². The first kappa shape index (κ1) is 28.0. The maximum absolute atomic E-state index is 13.8. The van der Waals surface area contributed by atoms with Gasteiger partial charge in [0.2, 0.25) is 5.95 Å². The van der Waals surface area contributed by atoms with Crippen LogP contribution in [-0.2, 0) is 6.17 Å². The summed E-state index contributed by atoms with van der Waals surface area (Å²) in [5.41, 5.74) is 3.59. The predicted molar refractivity (Wildman–Crippen MR) is 167 cm³/mol. The number of anilines is 2. The van der Waals surface area contributed by atoms with Crippen LogP contribution in [-0.4, -0.2) is 33.0 Å². The van der Waals surface area contributed by atoms with Crippen LogP contribution in [0.1, 0.15) is 54.7 Å². The predicted octanol–water partition coefficient (Wildman–Crippen LogP) is 6.75. The smallest absolute Gasteiger partial charge is 0.212 e. The fourth-order valence-corrected chi connectivity index (χ4v) is 6.04. The third-order valence-corrected chi connectivity index (χ3v) is 8.13. The molecule has 2 atom stereocenters. The molecule has 0 fully saturated rings. The second kappa shape index (κ2) is 12.4. The first-order valence-electron chi connectivity index (χ1n) is 14.4. The van der Waals surface area contributed by atoms with Crippen molar-refractivity contribution < 1.29 is 5.76 Å². The molecule has 0 amide bonds. The van der Waals surface area contributed by atoms with Gasteiger partial charge in [-0.25, -0.2) is 4.98 Å². The fraction of sp³-hybridized carbons (Fsp3) is 0.250. The molecule has 216 valence electrons. The molecule has 43 heavy (non-hydrogen) atoms. The molecule has 11 heteroatoms. The van der Waals surface area contributed by atoms with E-state index in [-0.39, 0.29) is 17.3 Å². The minimum absolute atomic E-state index is 0.113. The number of nitrogens with zero attached hydrogens (tertiary/aromatic N) is 7. The molecule has 0 aliphatic rings. The molecule has 2 aromatic carbocycles. The van der Waals surface area contributed by atoms with Crippen LogP contribution in [0.2, 0.25) is 19.6 Å². The van der Waals surface area contributed by atoms with Crippen molar-refractivity contribution in [3.8, 4) is 12.1 Å². The molecule has 0 radical (unpaired) electrons. The molecular weight excluding hydrogens is 557 g/mol. The average molecular weight is 591 g/mol. The second-order valence-electron chi connectivity index (χ2n) is 11.4. The normalized spacial score (nSPS) is 13.8. The molecule has 5 rings (SSSR count). The third kappa shape index (κ3) is 6.69. The number of pyridine rings is 2. The summed E-state index contributed by atoms with van der Waals surface area (Å²) in [6.07, 6.45) is 5.90. The second-order valence-corrected chi connectivity index (χ2v) is 16.9. The van der Waals surface area contributed by atoms with Crippen LogP contribution in [0.3, 0.4) is 0 Å². The highest BCUT2D eigenvalue weighted by Crippen LogP contribution is 2.35. The van der Waals surface area contributed by atoms with Crippen LogP contribution in [0.25, 0.3) is 10.9 Å². The monoisotopic (exact) mass is 590 g/mol. The van der Waals surface area contributed by atoms with E-state index in [1.165, 1.54) is 24.5 Å². The zero-order valence-corrected chi connectivity index (χ0v) is 25.4. The van der Waals surface area contributed by atoms with Gasteiger partial charge in [0, 0.05) is 29.6 Å². The lowest BCUT2D eigenvalue weighted by Gasteiger charge is -2.22. The Hall–Kier alpha value is -5.13. The van der Waals surface area contributed by atoms with Crippen molar-refractivity contribution in [2.24, 2.45) is 0 Å².